The van der Waals surface area contributed by atoms with Crippen LogP contribution >= 0.6 is 34.8 Å². The number of hydrazine groups is 1. The highest BCUT2D eigenvalue weighted by Crippen LogP contribution is 2.37. The number of para-hydroxylation sites is 1. The second-order valence-electron chi connectivity index (χ2n) is 8.71. The Balaban J connectivity index is 1.66. The molecule has 184 valence electrons. The summed E-state index contributed by atoms with van der Waals surface area (Å²) in [6, 6.07) is 14.8. The lowest BCUT2D eigenvalue weighted by Gasteiger charge is -2.26. The van der Waals surface area contributed by atoms with Gasteiger partial charge in [0.2, 0.25) is 5.62 Å². The van der Waals surface area contributed by atoms with E-state index in [9.17, 15) is 5.11 Å². The van der Waals surface area contributed by atoms with Crippen molar-refractivity contribution in [3.63, 3.8) is 0 Å². The van der Waals surface area contributed by atoms with Crippen molar-refractivity contribution in [2.75, 3.05) is 5.01 Å². The van der Waals surface area contributed by atoms with Crippen molar-refractivity contribution in [3.8, 4) is 0 Å². The van der Waals surface area contributed by atoms with Crippen LogP contribution in [0, 0.1) is 5.41 Å². The maximum absolute atomic E-state index is 11.0. The summed E-state index contributed by atoms with van der Waals surface area (Å²) in [5.74, 6) is 6.14. The molecule has 0 saturated heterocycles. The number of aliphatic hydroxyl groups is 1. The Morgan fingerprint density at radius 1 is 1.20 bits per heavy atom. The molecule has 7 nitrogen and oxygen atoms in total. The molecular formula is C25H27Cl3N6O. The lowest BCUT2D eigenvalue weighted by Crippen LogP contribution is -2.32. The van der Waals surface area contributed by atoms with Crippen molar-refractivity contribution in [1.29, 1.82) is 5.41 Å². The minimum absolute atomic E-state index is 0.145. The Hall–Kier alpha value is -2.68. The van der Waals surface area contributed by atoms with E-state index in [2.05, 4.69) is 0 Å². The summed E-state index contributed by atoms with van der Waals surface area (Å²) in [6.07, 6.45) is 4.82. The summed E-state index contributed by atoms with van der Waals surface area (Å²) in [5, 5.41) is 22.3. The van der Waals surface area contributed by atoms with Crippen LogP contribution in [-0.2, 0) is 13.1 Å². The van der Waals surface area contributed by atoms with E-state index < -0.39 is 11.0 Å². The largest absolute Gasteiger partial charge is 0.399 e. The number of benzene rings is 2. The van der Waals surface area contributed by atoms with Gasteiger partial charge in [-0.2, -0.15) is 0 Å². The van der Waals surface area contributed by atoms with Crippen LogP contribution in [0.25, 0.3) is 11.0 Å². The topological polar surface area (TPSA) is 109 Å². The van der Waals surface area contributed by atoms with Crippen molar-refractivity contribution < 1.29 is 5.11 Å². The number of anilines is 1. The molecule has 6 N–H and O–H groups in total. The Bertz CT molecular complexity index is 1390. The molecule has 0 bridgehead atoms. The minimum Gasteiger partial charge on any atom is -0.399 e. The van der Waals surface area contributed by atoms with Crippen molar-refractivity contribution >= 4 is 51.5 Å². The number of nitrogens with two attached hydrogens (primary N) is 2. The monoisotopic (exact) mass is 532 g/mol. The summed E-state index contributed by atoms with van der Waals surface area (Å²) < 4.78 is 3.45. The Morgan fingerprint density at radius 2 is 1.91 bits per heavy atom. The number of nitrogens with zero attached hydrogens (tertiary/aromatic N) is 3. The highest BCUT2D eigenvalue weighted by atomic mass is 35.5. The van der Waals surface area contributed by atoms with E-state index in [0.29, 0.717) is 33.3 Å². The first-order valence-electron chi connectivity index (χ1n) is 11.0. The number of imidazole rings is 1. The number of aromatic nitrogens is 2. The third kappa shape index (κ3) is 5.44. The van der Waals surface area contributed by atoms with Gasteiger partial charge in [0.1, 0.15) is 0 Å². The molecule has 1 aliphatic carbocycles. The van der Waals surface area contributed by atoms with E-state index in [1.807, 2.05) is 49.4 Å². The summed E-state index contributed by atoms with van der Waals surface area (Å²) in [5.41, 5.74) is 9.82. The summed E-state index contributed by atoms with van der Waals surface area (Å²) in [7, 11) is 0. The highest BCUT2D eigenvalue weighted by Gasteiger charge is 2.29. The van der Waals surface area contributed by atoms with E-state index in [-0.39, 0.29) is 18.7 Å². The fraction of sp³-hybridized carbons (Fsp3) is 0.240. The lowest BCUT2D eigenvalue weighted by atomic mass is 9.94. The zero-order valence-corrected chi connectivity index (χ0v) is 21.4. The molecular weight excluding hydrogens is 507 g/mol. The number of alkyl halides is 1. The second-order valence-corrected chi connectivity index (χ2v) is 10.4. The van der Waals surface area contributed by atoms with Crippen LogP contribution in [0.2, 0.25) is 5.02 Å². The van der Waals surface area contributed by atoms with Gasteiger partial charge in [-0.15, -0.1) is 11.6 Å². The van der Waals surface area contributed by atoms with Gasteiger partial charge in [0.25, 0.3) is 0 Å². The van der Waals surface area contributed by atoms with E-state index in [1.54, 1.807) is 33.5 Å². The van der Waals surface area contributed by atoms with E-state index >= 15 is 0 Å². The first kappa shape index (κ1) is 25.4. The normalized spacial score (nSPS) is 19.4. The van der Waals surface area contributed by atoms with Crippen molar-refractivity contribution in [3.05, 3.63) is 93.8 Å². The molecule has 35 heavy (non-hydrogen) atoms. The maximum atomic E-state index is 11.0. The van der Waals surface area contributed by atoms with Crippen LogP contribution in [0.3, 0.4) is 0 Å². The summed E-state index contributed by atoms with van der Waals surface area (Å²) in [4.78, 5) is -0.675. The highest BCUT2D eigenvalue weighted by molar-refractivity contribution is 6.39. The van der Waals surface area contributed by atoms with Gasteiger partial charge in [0.15, 0.2) is 0 Å². The Kier molecular flexibility index (Phi) is 7.35. The first-order chi connectivity index (χ1) is 16.6. The first-order valence-corrected chi connectivity index (χ1v) is 12.1. The van der Waals surface area contributed by atoms with E-state index in [4.69, 9.17) is 51.8 Å². The zero-order valence-electron chi connectivity index (χ0n) is 19.1. The van der Waals surface area contributed by atoms with Gasteiger partial charge < -0.3 is 20.0 Å². The number of aliphatic hydroxyl groups excluding tert-OH is 1. The third-order valence-corrected chi connectivity index (χ3v) is 7.20. The predicted molar refractivity (Wildman–Crippen MR) is 143 cm³/mol. The van der Waals surface area contributed by atoms with Crippen LogP contribution < -0.4 is 22.2 Å². The van der Waals surface area contributed by atoms with Gasteiger partial charge in [-0.25, -0.2) is 5.84 Å². The number of fused-ring (bicyclic) bond motifs is 1. The molecule has 2 atom stereocenters. The predicted octanol–water partition coefficient (Wildman–Crippen LogP) is 4.57. The second kappa shape index (κ2) is 10.1. The number of halogens is 3. The van der Waals surface area contributed by atoms with Gasteiger partial charge in [0, 0.05) is 22.0 Å². The van der Waals surface area contributed by atoms with Gasteiger partial charge in [-0.05, 0) is 55.3 Å². The SMILES string of the molecule is CC1(Cl)CC=C(C(O)Cn2c(=N)n(C/C(N)=C/N(N)c3ccccc3)c3cc(Cl)ccc32)C=C1Cl. The van der Waals surface area contributed by atoms with Crippen LogP contribution in [0.4, 0.5) is 5.69 Å². The standard InChI is InChI=1S/C25H27Cl3N6O/c1-25(28)10-9-16(11-23(25)27)22(35)15-33-20-8-7-17(26)12-21(20)32(24(33)30)13-18(29)14-34(31)19-5-3-2-4-6-19/h2-9,11-12,14,22,30,35H,10,13,15,29,31H2,1H3/b18-14-,30-24?. The molecule has 0 amide bonds. The number of rotatable bonds is 7. The number of nitrogens with one attached hydrogen (secondary N) is 1. The van der Waals surface area contributed by atoms with Gasteiger partial charge in [0.05, 0.1) is 40.8 Å². The van der Waals surface area contributed by atoms with Crippen LogP contribution in [0.5, 0.6) is 0 Å². The van der Waals surface area contributed by atoms with Crippen molar-refractivity contribution in [2.24, 2.45) is 11.6 Å². The molecule has 2 aromatic carbocycles. The lowest BCUT2D eigenvalue weighted by molar-refractivity contribution is 0.191. The zero-order chi connectivity index (χ0) is 25.3. The molecule has 0 aliphatic heterocycles. The van der Waals surface area contributed by atoms with Gasteiger partial charge >= 0.3 is 0 Å². The van der Waals surface area contributed by atoms with Crippen LogP contribution in [-0.4, -0.2) is 25.2 Å². The van der Waals surface area contributed by atoms with E-state index in [1.165, 1.54) is 5.01 Å². The Morgan fingerprint density at radius 3 is 2.60 bits per heavy atom. The molecule has 0 saturated carbocycles. The summed E-state index contributed by atoms with van der Waals surface area (Å²) in [6.45, 7) is 2.18. The van der Waals surface area contributed by atoms with Crippen molar-refractivity contribution in [1.82, 2.24) is 9.13 Å². The minimum atomic E-state index is -0.883. The van der Waals surface area contributed by atoms with Crippen LogP contribution in [0.1, 0.15) is 13.3 Å². The molecule has 0 fully saturated rings. The fourth-order valence-corrected chi connectivity index (χ4v) is 4.51. The molecule has 1 heterocycles. The van der Waals surface area contributed by atoms with Crippen LogP contribution in [0.15, 0.2) is 83.2 Å². The Labute approximate surface area is 218 Å². The number of hydrogen-bond acceptors (Lipinski definition) is 5. The van der Waals surface area contributed by atoms with Crippen molar-refractivity contribution in [2.45, 2.75) is 37.4 Å². The maximum Gasteiger partial charge on any atom is 0.203 e. The number of allylic oxidation sites excluding steroid dienone is 3. The third-order valence-electron chi connectivity index (χ3n) is 5.98. The molecule has 2 unspecified atom stereocenters. The quantitative estimate of drug-likeness (QED) is 0.203. The fourth-order valence-electron chi connectivity index (χ4n) is 4.01. The van der Waals surface area contributed by atoms with Gasteiger partial charge in [-0.3, -0.25) is 10.4 Å². The molecule has 1 aliphatic rings. The smallest absolute Gasteiger partial charge is 0.203 e. The number of hydrogen-bond donors (Lipinski definition) is 4. The molecule has 0 spiro atoms. The average molecular weight is 534 g/mol. The van der Waals surface area contributed by atoms with Gasteiger partial charge in [-0.1, -0.05) is 47.5 Å². The summed E-state index contributed by atoms with van der Waals surface area (Å²) >= 11 is 19.0. The average Bonchev–Trinajstić information content (AvgIpc) is 3.06. The molecule has 4 rings (SSSR count). The molecule has 3 aromatic rings. The van der Waals surface area contributed by atoms with E-state index in [0.717, 1.165) is 11.2 Å². The molecule has 0 radical (unpaired) electrons. The molecule has 1 aromatic heterocycles. The molecule has 10 heteroatoms.